The maximum absolute atomic E-state index is 10.2. The quantitative estimate of drug-likeness (QED) is 0.225. The van der Waals surface area contributed by atoms with Crippen molar-refractivity contribution in [2.24, 2.45) is 0 Å². The summed E-state index contributed by atoms with van der Waals surface area (Å²) in [4.78, 5) is 10.2. The van der Waals surface area contributed by atoms with Crippen molar-refractivity contribution < 1.29 is 29.4 Å². The van der Waals surface area contributed by atoms with Crippen LogP contribution in [0.3, 0.4) is 0 Å². The first-order valence-electron chi connectivity index (χ1n) is 9.97. The standard InChI is InChI=1S/C20H40O2.Zn/c1-2-3-4-5-6-7-8-9-10-11-12-13-14-15-16-17-18-19-20(21)22;/h2-19H2,1H3,(H,21,22);/q;+2/p-1. The fourth-order valence-corrected chi connectivity index (χ4v) is 2.99. The van der Waals surface area contributed by atoms with Gasteiger partial charge >= 0.3 is 19.5 Å². The second kappa shape index (κ2) is 22.1. The number of hydrogen-bond acceptors (Lipinski definition) is 2. The van der Waals surface area contributed by atoms with Gasteiger partial charge in [0.25, 0.3) is 0 Å². The van der Waals surface area contributed by atoms with Crippen LogP contribution in [0, 0.1) is 0 Å². The van der Waals surface area contributed by atoms with Crippen LogP contribution in [0.2, 0.25) is 0 Å². The van der Waals surface area contributed by atoms with Crippen molar-refractivity contribution in [3.8, 4) is 0 Å². The van der Waals surface area contributed by atoms with E-state index in [4.69, 9.17) is 0 Å². The second-order valence-electron chi connectivity index (χ2n) is 6.78. The molecule has 0 aliphatic carbocycles. The topological polar surface area (TPSA) is 40.1 Å². The van der Waals surface area contributed by atoms with Gasteiger partial charge in [0, 0.05) is 5.97 Å². The van der Waals surface area contributed by atoms with Crippen molar-refractivity contribution in [2.45, 2.75) is 122 Å². The third-order valence-corrected chi connectivity index (χ3v) is 4.48. The minimum absolute atomic E-state index is 0. The minimum atomic E-state index is -0.902. The van der Waals surface area contributed by atoms with Gasteiger partial charge in [-0.1, -0.05) is 110 Å². The van der Waals surface area contributed by atoms with Crippen LogP contribution < -0.4 is 5.11 Å². The van der Waals surface area contributed by atoms with Crippen molar-refractivity contribution >= 4 is 5.97 Å². The average molecular weight is 377 g/mol. The zero-order valence-electron chi connectivity index (χ0n) is 15.8. The molecular formula is C20H39O2Zn+. The molecule has 0 saturated heterocycles. The number of unbranched alkanes of at least 4 members (excludes halogenated alkanes) is 16. The SMILES string of the molecule is CCCCCCCCCCCCCCCCCCCC(=O)[O-].[Zn+2]. The van der Waals surface area contributed by atoms with Gasteiger partial charge in [-0.05, 0) is 12.8 Å². The van der Waals surface area contributed by atoms with Gasteiger partial charge in [-0.25, -0.2) is 0 Å². The van der Waals surface area contributed by atoms with Crippen LogP contribution in [-0.2, 0) is 24.3 Å². The number of hydrogen-bond donors (Lipinski definition) is 0. The normalized spacial score (nSPS) is 10.5. The smallest absolute Gasteiger partial charge is 0.550 e. The minimum Gasteiger partial charge on any atom is -0.550 e. The molecule has 2 nitrogen and oxygen atoms in total. The Balaban J connectivity index is 0. The molecule has 3 heteroatoms. The van der Waals surface area contributed by atoms with E-state index in [-0.39, 0.29) is 25.9 Å². The molecule has 23 heavy (non-hydrogen) atoms. The fraction of sp³-hybridized carbons (Fsp3) is 0.950. The van der Waals surface area contributed by atoms with Crippen molar-refractivity contribution in [2.75, 3.05) is 0 Å². The average Bonchev–Trinajstić information content (AvgIpc) is 2.50. The van der Waals surface area contributed by atoms with E-state index in [0.717, 1.165) is 12.8 Å². The summed E-state index contributed by atoms with van der Waals surface area (Å²) in [6.45, 7) is 2.27. The molecule has 0 aliphatic heterocycles. The summed E-state index contributed by atoms with van der Waals surface area (Å²) in [5.74, 6) is -0.902. The number of rotatable bonds is 18. The second-order valence-corrected chi connectivity index (χ2v) is 6.78. The summed E-state index contributed by atoms with van der Waals surface area (Å²) in [7, 11) is 0. The van der Waals surface area contributed by atoms with Crippen molar-refractivity contribution in [1.29, 1.82) is 0 Å². The fourth-order valence-electron chi connectivity index (χ4n) is 2.99. The monoisotopic (exact) mass is 375 g/mol. The van der Waals surface area contributed by atoms with E-state index >= 15 is 0 Å². The zero-order valence-corrected chi connectivity index (χ0v) is 18.7. The van der Waals surface area contributed by atoms with Gasteiger partial charge in [-0.3, -0.25) is 0 Å². The number of carboxylic acid groups (broad SMARTS) is 1. The summed E-state index contributed by atoms with van der Waals surface area (Å²) >= 11 is 0. The van der Waals surface area contributed by atoms with E-state index in [0.29, 0.717) is 0 Å². The first kappa shape index (κ1) is 25.3. The van der Waals surface area contributed by atoms with Gasteiger partial charge in [0.05, 0.1) is 0 Å². The van der Waals surface area contributed by atoms with Crippen LogP contribution in [0.1, 0.15) is 122 Å². The molecule has 132 valence electrons. The van der Waals surface area contributed by atoms with E-state index in [2.05, 4.69) is 6.92 Å². The Labute approximate surface area is 158 Å². The number of carbonyl (C=O) groups is 1. The molecule has 0 rings (SSSR count). The van der Waals surface area contributed by atoms with Crippen LogP contribution in [0.5, 0.6) is 0 Å². The van der Waals surface area contributed by atoms with Gasteiger partial charge < -0.3 is 9.90 Å². The van der Waals surface area contributed by atoms with Crippen LogP contribution in [-0.4, -0.2) is 5.97 Å². The van der Waals surface area contributed by atoms with Gasteiger partial charge in [-0.2, -0.15) is 0 Å². The van der Waals surface area contributed by atoms with Gasteiger partial charge in [0.1, 0.15) is 0 Å². The Morgan fingerprint density at radius 1 is 0.565 bits per heavy atom. The molecule has 0 spiro atoms. The molecule has 0 saturated carbocycles. The molecule has 0 aromatic heterocycles. The third kappa shape index (κ3) is 24.5. The number of carboxylic acids is 1. The predicted molar refractivity (Wildman–Crippen MR) is 93.8 cm³/mol. The largest absolute Gasteiger partial charge is 2.00 e. The molecule has 0 unspecified atom stereocenters. The van der Waals surface area contributed by atoms with Crippen molar-refractivity contribution in [3.05, 3.63) is 0 Å². The molecule has 0 amide bonds. The predicted octanol–water partition coefficient (Wildman–Crippen LogP) is 5.78. The van der Waals surface area contributed by atoms with E-state index in [9.17, 15) is 9.90 Å². The van der Waals surface area contributed by atoms with E-state index in [1.807, 2.05) is 0 Å². The first-order valence-corrected chi connectivity index (χ1v) is 9.97. The molecule has 0 bridgehead atoms. The van der Waals surface area contributed by atoms with Crippen molar-refractivity contribution in [3.63, 3.8) is 0 Å². The Kier molecular flexibility index (Phi) is 24.3. The Morgan fingerprint density at radius 3 is 1.09 bits per heavy atom. The summed E-state index contributed by atoms with van der Waals surface area (Å²) < 4.78 is 0. The van der Waals surface area contributed by atoms with E-state index in [1.54, 1.807) is 0 Å². The summed E-state index contributed by atoms with van der Waals surface area (Å²) in [6, 6.07) is 0. The van der Waals surface area contributed by atoms with Crippen molar-refractivity contribution in [1.82, 2.24) is 0 Å². The van der Waals surface area contributed by atoms with Gasteiger partial charge in [0.15, 0.2) is 0 Å². The molecule has 0 radical (unpaired) electrons. The van der Waals surface area contributed by atoms with Crippen LogP contribution in [0.4, 0.5) is 0 Å². The molecule has 0 aromatic carbocycles. The van der Waals surface area contributed by atoms with Crippen LogP contribution >= 0.6 is 0 Å². The summed E-state index contributed by atoms with van der Waals surface area (Å²) in [6.07, 6.45) is 22.8. The van der Waals surface area contributed by atoms with Crippen LogP contribution in [0.15, 0.2) is 0 Å². The molecule has 0 aromatic rings. The Morgan fingerprint density at radius 2 is 0.826 bits per heavy atom. The van der Waals surface area contributed by atoms with Crippen LogP contribution in [0.25, 0.3) is 0 Å². The molecular weight excluding hydrogens is 338 g/mol. The number of aliphatic carboxylic acids is 1. The number of carbonyl (C=O) groups excluding carboxylic acids is 1. The Bertz CT molecular complexity index is 232. The first-order chi connectivity index (χ1) is 10.8. The van der Waals surface area contributed by atoms with Gasteiger partial charge in [0.2, 0.25) is 0 Å². The maximum Gasteiger partial charge on any atom is 2.00 e. The van der Waals surface area contributed by atoms with E-state index in [1.165, 1.54) is 96.3 Å². The zero-order chi connectivity index (χ0) is 16.3. The molecule has 0 aliphatic rings. The third-order valence-electron chi connectivity index (χ3n) is 4.48. The molecule has 0 fully saturated rings. The summed E-state index contributed by atoms with van der Waals surface area (Å²) in [5.41, 5.74) is 0. The summed E-state index contributed by atoms with van der Waals surface area (Å²) in [5, 5.41) is 10.2. The van der Waals surface area contributed by atoms with Gasteiger partial charge in [-0.15, -0.1) is 0 Å². The Hall–Kier alpha value is 0.0934. The molecule has 0 atom stereocenters. The van der Waals surface area contributed by atoms with E-state index < -0.39 is 5.97 Å². The molecule has 0 N–H and O–H groups in total. The molecule has 0 heterocycles. The maximum atomic E-state index is 10.2.